The van der Waals surface area contributed by atoms with Crippen LogP contribution in [0, 0.1) is 5.92 Å². The smallest absolute Gasteiger partial charge is 0.315 e. The lowest BCUT2D eigenvalue weighted by molar-refractivity contribution is -0.00643. The Morgan fingerprint density at radius 1 is 1.29 bits per heavy atom. The van der Waals surface area contributed by atoms with E-state index >= 15 is 0 Å². The lowest BCUT2D eigenvalue weighted by Gasteiger charge is -2.35. The van der Waals surface area contributed by atoms with E-state index in [0.29, 0.717) is 12.6 Å². The SMILES string of the molecule is CCC1CCC(O)(CNC(=O)NC2CC2)CC1. The zero-order valence-electron chi connectivity index (χ0n) is 10.7. The Morgan fingerprint density at radius 2 is 1.94 bits per heavy atom. The zero-order valence-corrected chi connectivity index (χ0v) is 10.7. The second-order valence-corrected chi connectivity index (χ2v) is 5.68. The van der Waals surface area contributed by atoms with Crippen molar-refractivity contribution in [1.82, 2.24) is 10.6 Å². The Balaban J connectivity index is 1.68. The molecule has 2 aliphatic carbocycles. The average molecular weight is 240 g/mol. The topological polar surface area (TPSA) is 61.4 Å². The first-order valence-corrected chi connectivity index (χ1v) is 6.88. The summed E-state index contributed by atoms with van der Waals surface area (Å²) in [4.78, 5) is 11.5. The molecule has 0 atom stereocenters. The molecule has 0 aromatic rings. The van der Waals surface area contributed by atoms with Gasteiger partial charge in [0.05, 0.1) is 5.60 Å². The maximum Gasteiger partial charge on any atom is 0.315 e. The molecule has 2 aliphatic rings. The first kappa shape index (κ1) is 12.7. The normalized spacial score (nSPS) is 33.2. The van der Waals surface area contributed by atoms with Crippen LogP contribution in [0.4, 0.5) is 4.79 Å². The first-order chi connectivity index (χ1) is 8.11. The van der Waals surface area contributed by atoms with Crippen LogP contribution in [0.2, 0.25) is 0 Å². The maximum absolute atomic E-state index is 11.5. The summed E-state index contributed by atoms with van der Waals surface area (Å²) in [6.45, 7) is 2.60. The summed E-state index contributed by atoms with van der Waals surface area (Å²) < 4.78 is 0. The fourth-order valence-corrected chi connectivity index (χ4v) is 2.51. The first-order valence-electron chi connectivity index (χ1n) is 6.88. The Hall–Kier alpha value is -0.770. The predicted molar refractivity (Wildman–Crippen MR) is 66.8 cm³/mol. The van der Waals surface area contributed by atoms with E-state index in [1.165, 1.54) is 6.42 Å². The van der Waals surface area contributed by atoms with Crippen LogP contribution in [-0.2, 0) is 0 Å². The second-order valence-electron chi connectivity index (χ2n) is 5.68. The van der Waals surface area contributed by atoms with Gasteiger partial charge in [-0.2, -0.15) is 0 Å². The minimum Gasteiger partial charge on any atom is -0.388 e. The lowest BCUT2D eigenvalue weighted by Crippen LogP contribution is -2.48. The van der Waals surface area contributed by atoms with Crippen LogP contribution in [0.25, 0.3) is 0 Å². The van der Waals surface area contributed by atoms with Gasteiger partial charge in [-0.3, -0.25) is 0 Å². The van der Waals surface area contributed by atoms with E-state index in [1.54, 1.807) is 0 Å². The summed E-state index contributed by atoms with van der Waals surface area (Å²) in [5.41, 5.74) is -0.674. The number of hydrogen-bond acceptors (Lipinski definition) is 2. The van der Waals surface area contributed by atoms with Gasteiger partial charge in [0.2, 0.25) is 0 Å². The number of nitrogens with one attached hydrogen (secondary N) is 2. The standard InChI is InChI=1S/C13H24N2O2/c1-2-10-5-7-13(17,8-6-10)9-14-12(16)15-11-3-4-11/h10-11,17H,2-9H2,1H3,(H2,14,15,16). The van der Waals surface area contributed by atoms with Crippen molar-refractivity contribution in [1.29, 1.82) is 0 Å². The minimum atomic E-state index is -0.674. The second kappa shape index (κ2) is 5.25. The summed E-state index contributed by atoms with van der Waals surface area (Å²) in [7, 11) is 0. The monoisotopic (exact) mass is 240 g/mol. The molecule has 0 bridgehead atoms. The average Bonchev–Trinajstić information content (AvgIpc) is 3.12. The summed E-state index contributed by atoms with van der Waals surface area (Å²) in [5, 5.41) is 16.0. The van der Waals surface area contributed by atoms with E-state index < -0.39 is 5.60 Å². The molecule has 2 saturated carbocycles. The van der Waals surface area contributed by atoms with Crippen LogP contribution in [0.5, 0.6) is 0 Å². The minimum absolute atomic E-state index is 0.126. The van der Waals surface area contributed by atoms with Gasteiger partial charge in [0.25, 0.3) is 0 Å². The van der Waals surface area contributed by atoms with Crippen molar-refractivity contribution in [2.75, 3.05) is 6.54 Å². The number of carbonyl (C=O) groups is 1. The van der Waals surface area contributed by atoms with Gasteiger partial charge in [-0.05, 0) is 44.4 Å². The van der Waals surface area contributed by atoms with Crippen LogP contribution in [-0.4, -0.2) is 29.3 Å². The zero-order chi connectivity index (χ0) is 12.3. The number of urea groups is 1. The van der Waals surface area contributed by atoms with Crippen LogP contribution >= 0.6 is 0 Å². The molecule has 0 aromatic heterocycles. The molecule has 2 rings (SSSR count). The Morgan fingerprint density at radius 3 is 2.47 bits per heavy atom. The maximum atomic E-state index is 11.5. The van der Waals surface area contributed by atoms with E-state index in [0.717, 1.165) is 44.4 Å². The number of hydrogen-bond donors (Lipinski definition) is 3. The number of rotatable bonds is 4. The molecule has 2 fully saturated rings. The molecule has 0 aliphatic heterocycles. The highest BCUT2D eigenvalue weighted by Gasteiger charge is 2.33. The van der Waals surface area contributed by atoms with Gasteiger partial charge in [0, 0.05) is 12.6 Å². The third-order valence-electron chi connectivity index (χ3n) is 4.10. The van der Waals surface area contributed by atoms with Crippen LogP contribution in [0.15, 0.2) is 0 Å². The lowest BCUT2D eigenvalue weighted by atomic mass is 9.78. The molecule has 0 aromatic carbocycles. The van der Waals surface area contributed by atoms with Crippen molar-refractivity contribution in [3.05, 3.63) is 0 Å². The van der Waals surface area contributed by atoms with Gasteiger partial charge < -0.3 is 15.7 Å². The van der Waals surface area contributed by atoms with Gasteiger partial charge in [-0.15, -0.1) is 0 Å². The van der Waals surface area contributed by atoms with Gasteiger partial charge in [0.1, 0.15) is 0 Å². The highest BCUT2D eigenvalue weighted by molar-refractivity contribution is 5.74. The Bertz CT molecular complexity index is 269. The van der Waals surface area contributed by atoms with Gasteiger partial charge in [-0.25, -0.2) is 4.79 Å². The molecule has 0 heterocycles. The highest BCUT2D eigenvalue weighted by Crippen LogP contribution is 2.33. The highest BCUT2D eigenvalue weighted by atomic mass is 16.3. The number of aliphatic hydroxyl groups is 1. The number of amides is 2. The van der Waals surface area contributed by atoms with Crippen molar-refractivity contribution < 1.29 is 9.90 Å². The van der Waals surface area contributed by atoms with Crippen molar-refractivity contribution in [2.24, 2.45) is 5.92 Å². The largest absolute Gasteiger partial charge is 0.388 e. The third kappa shape index (κ3) is 3.87. The van der Waals surface area contributed by atoms with Gasteiger partial charge >= 0.3 is 6.03 Å². The van der Waals surface area contributed by atoms with E-state index in [2.05, 4.69) is 17.6 Å². The molecule has 17 heavy (non-hydrogen) atoms. The Kier molecular flexibility index (Phi) is 3.92. The van der Waals surface area contributed by atoms with Crippen molar-refractivity contribution in [3.8, 4) is 0 Å². The van der Waals surface area contributed by atoms with Crippen LogP contribution < -0.4 is 10.6 Å². The summed E-state index contributed by atoms with van der Waals surface area (Å²) in [5.74, 6) is 0.760. The molecule has 4 nitrogen and oxygen atoms in total. The van der Waals surface area contributed by atoms with Crippen molar-refractivity contribution in [2.45, 2.75) is 63.5 Å². The van der Waals surface area contributed by atoms with Gasteiger partial charge in [0.15, 0.2) is 0 Å². The van der Waals surface area contributed by atoms with E-state index in [-0.39, 0.29) is 6.03 Å². The van der Waals surface area contributed by atoms with E-state index in [9.17, 15) is 9.90 Å². The fraction of sp³-hybridized carbons (Fsp3) is 0.923. The Labute approximate surface area is 103 Å². The molecular formula is C13H24N2O2. The summed E-state index contributed by atoms with van der Waals surface area (Å²) in [6, 6.07) is 0.249. The molecule has 0 spiro atoms. The van der Waals surface area contributed by atoms with Crippen molar-refractivity contribution in [3.63, 3.8) is 0 Å². The summed E-state index contributed by atoms with van der Waals surface area (Å²) >= 11 is 0. The van der Waals surface area contributed by atoms with E-state index in [4.69, 9.17) is 0 Å². The fourth-order valence-electron chi connectivity index (χ4n) is 2.51. The molecule has 0 unspecified atom stereocenters. The van der Waals surface area contributed by atoms with Gasteiger partial charge in [-0.1, -0.05) is 13.3 Å². The molecule has 98 valence electrons. The van der Waals surface area contributed by atoms with Crippen molar-refractivity contribution >= 4 is 6.03 Å². The molecular weight excluding hydrogens is 216 g/mol. The van der Waals surface area contributed by atoms with E-state index in [1.807, 2.05) is 0 Å². The predicted octanol–water partition coefficient (Wildman–Crippen LogP) is 1.78. The quantitative estimate of drug-likeness (QED) is 0.701. The molecule has 0 saturated heterocycles. The third-order valence-corrected chi connectivity index (χ3v) is 4.10. The molecule has 3 N–H and O–H groups in total. The summed E-state index contributed by atoms with van der Waals surface area (Å²) in [6.07, 6.45) is 7.18. The molecule has 0 radical (unpaired) electrons. The molecule has 4 heteroatoms. The molecule has 2 amide bonds. The van der Waals surface area contributed by atoms with Crippen LogP contribution in [0.1, 0.15) is 51.9 Å². The van der Waals surface area contributed by atoms with Crippen LogP contribution in [0.3, 0.4) is 0 Å². The number of carbonyl (C=O) groups excluding carboxylic acids is 1.